The largest absolute Gasteiger partial charge is 0.488 e. The summed E-state index contributed by atoms with van der Waals surface area (Å²) in [7, 11) is 0. The molecule has 26 heavy (non-hydrogen) atoms. The number of fused-ring (bicyclic) bond motifs is 2. The fourth-order valence-electron chi connectivity index (χ4n) is 3.28. The summed E-state index contributed by atoms with van der Waals surface area (Å²) in [6.45, 7) is -0.666. The molecular formula is C19H15F2NO4. The Morgan fingerprint density at radius 2 is 2.04 bits per heavy atom. The van der Waals surface area contributed by atoms with Gasteiger partial charge in [-0.1, -0.05) is 6.07 Å². The van der Waals surface area contributed by atoms with Crippen molar-refractivity contribution < 1.29 is 27.5 Å². The number of hydrogen-bond acceptors (Lipinski definition) is 4. The standard InChI is InChI=1S/C19H15F2NO4/c20-17(21)9-25-12-2-1-10-7-16-14(6-11(10)5-12)15(8-26-16)13-3-4-18(23)22-19(13)24/h1-2,5-8,13,17H,3-4,9H2,(H,22,23,24)/t13-/m1/s1. The molecule has 3 aromatic rings. The lowest BCUT2D eigenvalue weighted by Gasteiger charge is -2.19. The number of carbonyl (C=O) groups excluding carboxylic acids is 2. The topological polar surface area (TPSA) is 68.5 Å². The fraction of sp³-hybridized carbons (Fsp3) is 0.263. The number of rotatable bonds is 4. The van der Waals surface area contributed by atoms with Crippen LogP contribution >= 0.6 is 0 Å². The van der Waals surface area contributed by atoms with E-state index in [0.29, 0.717) is 23.3 Å². The quantitative estimate of drug-likeness (QED) is 0.721. The third kappa shape index (κ3) is 3.00. The van der Waals surface area contributed by atoms with Gasteiger partial charge in [0.1, 0.15) is 17.9 Å². The molecular weight excluding hydrogens is 344 g/mol. The molecule has 1 aliphatic rings. The molecule has 0 radical (unpaired) electrons. The molecule has 0 aliphatic carbocycles. The van der Waals surface area contributed by atoms with Crippen LogP contribution in [0.5, 0.6) is 5.75 Å². The Kier molecular flexibility index (Phi) is 4.06. The van der Waals surface area contributed by atoms with E-state index in [2.05, 4.69) is 5.32 Å². The Morgan fingerprint density at radius 1 is 1.19 bits per heavy atom. The Balaban J connectivity index is 1.74. The van der Waals surface area contributed by atoms with E-state index in [1.54, 1.807) is 18.2 Å². The molecule has 1 saturated heterocycles. The maximum Gasteiger partial charge on any atom is 0.272 e. The van der Waals surface area contributed by atoms with Crippen LogP contribution in [0.1, 0.15) is 24.3 Å². The van der Waals surface area contributed by atoms with Gasteiger partial charge < -0.3 is 9.15 Å². The first-order valence-electron chi connectivity index (χ1n) is 8.21. The fourth-order valence-corrected chi connectivity index (χ4v) is 3.28. The van der Waals surface area contributed by atoms with Crippen molar-refractivity contribution in [1.82, 2.24) is 5.32 Å². The Labute approximate surface area is 146 Å². The van der Waals surface area contributed by atoms with Crippen LogP contribution in [-0.4, -0.2) is 24.8 Å². The van der Waals surface area contributed by atoms with E-state index in [1.165, 1.54) is 6.26 Å². The highest BCUT2D eigenvalue weighted by Gasteiger charge is 2.30. The molecule has 2 aromatic carbocycles. The zero-order valence-corrected chi connectivity index (χ0v) is 13.6. The van der Waals surface area contributed by atoms with E-state index in [0.717, 1.165) is 16.2 Å². The Morgan fingerprint density at radius 3 is 2.81 bits per heavy atom. The van der Waals surface area contributed by atoms with Gasteiger partial charge in [0.2, 0.25) is 11.8 Å². The molecule has 0 bridgehead atoms. The molecule has 1 aromatic heterocycles. The van der Waals surface area contributed by atoms with Gasteiger partial charge in [0, 0.05) is 17.4 Å². The molecule has 1 N–H and O–H groups in total. The predicted octanol–water partition coefficient (Wildman–Crippen LogP) is 3.75. The van der Waals surface area contributed by atoms with Crippen molar-refractivity contribution in [1.29, 1.82) is 0 Å². The second-order valence-electron chi connectivity index (χ2n) is 6.25. The smallest absolute Gasteiger partial charge is 0.272 e. The third-order valence-electron chi connectivity index (χ3n) is 4.52. The number of carbonyl (C=O) groups is 2. The summed E-state index contributed by atoms with van der Waals surface area (Å²) in [5, 5.41) is 4.77. The minimum Gasteiger partial charge on any atom is -0.488 e. The van der Waals surface area contributed by atoms with E-state index in [1.807, 2.05) is 12.1 Å². The molecule has 2 amide bonds. The maximum atomic E-state index is 12.3. The lowest BCUT2D eigenvalue weighted by molar-refractivity contribution is -0.134. The molecule has 1 atom stereocenters. The van der Waals surface area contributed by atoms with Crippen molar-refractivity contribution in [2.75, 3.05) is 6.61 Å². The van der Waals surface area contributed by atoms with Gasteiger partial charge in [-0.05, 0) is 41.5 Å². The average Bonchev–Trinajstić information content (AvgIpc) is 3.00. The molecule has 4 rings (SSSR count). The molecule has 0 unspecified atom stereocenters. The number of imide groups is 1. The van der Waals surface area contributed by atoms with Crippen LogP contribution in [0.4, 0.5) is 8.78 Å². The van der Waals surface area contributed by atoms with Crippen molar-refractivity contribution in [2.24, 2.45) is 0 Å². The first kappa shape index (κ1) is 16.5. The normalized spacial score (nSPS) is 17.9. The number of nitrogens with one attached hydrogen (secondary N) is 1. The number of halogens is 2. The zero-order chi connectivity index (χ0) is 18.3. The molecule has 0 spiro atoms. The number of ether oxygens (including phenoxy) is 1. The molecule has 7 heteroatoms. The third-order valence-corrected chi connectivity index (χ3v) is 4.52. The van der Waals surface area contributed by atoms with Crippen molar-refractivity contribution in [3.8, 4) is 5.75 Å². The summed E-state index contributed by atoms with van der Waals surface area (Å²) in [4.78, 5) is 23.5. The Hall–Kier alpha value is -2.96. The first-order valence-corrected chi connectivity index (χ1v) is 8.21. The van der Waals surface area contributed by atoms with Gasteiger partial charge in [0.15, 0.2) is 0 Å². The second-order valence-corrected chi connectivity index (χ2v) is 6.25. The number of piperidine rings is 1. The SMILES string of the molecule is O=C1CC[C@H](c2coc3cc4ccc(OCC(F)F)cc4cc23)C(=O)N1. The van der Waals surface area contributed by atoms with E-state index in [4.69, 9.17) is 9.15 Å². The van der Waals surface area contributed by atoms with Crippen molar-refractivity contribution >= 4 is 33.6 Å². The van der Waals surface area contributed by atoms with Crippen LogP contribution in [0.3, 0.4) is 0 Å². The van der Waals surface area contributed by atoms with Crippen LogP contribution in [0.25, 0.3) is 21.7 Å². The Bertz CT molecular complexity index is 1010. The van der Waals surface area contributed by atoms with E-state index in [-0.39, 0.29) is 18.2 Å². The minimum atomic E-state index is -2.54. The number of furan rings is 1. The molecule has 5 nitrogen and oxygen atoms in total. The summed E-state index contributed by atoms with van der Waals surface area (Å²) < 4.78 is 35.3. The van der Waals surface area contributed by atoms with Crippen molar-refractivity contribution in [2.45, 2.75) is 25.2 Å². The number of amides is 2. The highest BCUT2D eigenvalue weighted by molar-refractivity contribution is 6.04. The maximum absolute atomic E-state index is 12.3. The summed E-state index contributed by atoms with van der Waals surface area (Å²) >= 11 is 0. The summed E-state index contributed by atoms with van der Waals surface area (Å²) in [6.07, 6.45) is -0.296. The van der Waals surface area contributed by atoms with Crippen LogP contribution in [0.15, 0.2) is 41.0 Å². The van der Waals surface area contributed by atoms with Crippen molar-refractivity contribution in [3.05, 3.63) is 42.2 Å². The van der Waals surface area contributed by atoms with Gasteiger partial charge in [-0.15, -0.1) is 0 Å². The summed E-state index contributed by atoms with van der Waals surface area (Å²) in [6, 6.07) is 8.75. The van der Waals surface area contributed by atoms with E-state index in [9.17, 15) is 18.4 Å². The summed E-state index contributed by atoms with van der Waals surface area (Å²) in [5.74, 6) is -0.712. The number of alkyl halides is 2. The second kappa shape index (κ2) is 6.40. The highest BCUT2D eigenvalue weighted by Crippen LogP contribution is 2.35. The predicted molar refractivity (Wildman–Crippen MR) is 90.3 cm³/mol. The van der Waals surface area contributed by atoms with Gasteiger partial charge in [0.05, 0.1) is 12.2 Å². The van der Waals surface area contributed by atoms with E-state index < -0.39 is 19.0 Å². The molecule has 1 fully saturated rings. The van der Waals surface area contributed by atoms with Crippen LogP contribution in [-0.2, 0) is 9.59 Å². The number of hydrogen-bond donors (Lipinski definition) is 1. The van der Waals surface area contributed by atoms with Gasteiger partial charge in [-0.2, -0.15) is 0 Å². The molecule has 0 saturated carbocycles. The lowest BCUT2D eigenvalue weighted by Crippen LogP contribution is -2.39. The molecule has 134 valence electrons. The van der Waals surface area contributed by atoms with Crippen LogP contribution in [0.2, 0.25) is 0 Å². The van der Waals surface area contributed by atoms with E-state index >= 15 is 0 Å². The van der Waals surface area contributed by atoms with Crippen molar-refractivity contribution in [3.63, 3.8) is 0 Å². The van der Waals surface area contributed by atoms with Crippen LogP contribution < -0.4 is 10.1 Å². The molecule has 1 aliphatic heterocycles. The van der Waals surface area contributed by atoms with Gasteiger partial charge in [-0.25, -0.2) is 8.78 Å². The number of benzene rings is 2. The van der Waals surface area contributed by atoms with Crippen LogP contribution in [0, 0.1) is 0 Å². The van der Waals surface area contributed by atoms with Gasteiger partial charge >= 0.3 is 0 Å². The average molecular weight is 359 g/mol. The lowest BCUT2D eigenvalue weighted by atomic mass is 9.90. The molecule has 2 heterocycles. The first-order chi connectivity index (χ1) is 12.5. The highest BCUT2D eigenvalue weighted by atomic mass is 19.3. The minimum absolute atomic E-state index is 0.273. The van der Waals surface area contributed by atoms with Gasteiger partial charge in [0.25, 0.3) is 6.43 Å². The summed E-state index contributed by atoms with van der Waals surface area (Å²) in [5.41, 5.74) is 1.34. The zero-order valence-electron chi connectivity index (χ0n) is 13.6. The van der Waals surface area contributed by atoms with Gasteiger partial charge in [-0.3, -0.25) is 14.9 Å². The monoisotopic (exact) mass is 359 g/mol.